The van der Waals surface area contributed by atoms with Crippen molar-refractivity contribution in [2.45, 2.75) is 52.5 Å². The molecule has 4 nitrogen and oxygen atoms in total. The number of ether oxygens (including phenoxy) is 1. The zero-order valence-electron chi connectivity index (χ0n) is 20.3. The summed E-state index contributed by atoms with van der Waals surface area (Å²) >= 11 is 8.04. The minimum absolute atomic E-state index is 0.155. The smallest absolute Gasteiger partial charge is 0.141 e. The minimum Gasteiger partial charge on any atom is -0.506 e. The Morgan fingerprint density at radius 2 is 1.97 bits per heavy atom. The lowest BCUT2D eigenvalue weighted by molar-refractivity contribution is 0.299. The van der Waals surface area contributed by atoms with Crippen molar-refractivity contribution in [2.75, 3.05) is 12.4 Å². The molecule has 0 amide bonds. The summed E-state index contributed by atoms with van der Waals surface area (Å²) in [5.74, 6) is 2.87. The third-order valence-corrected chi connectivity index (χ3v) is 6.83. The maximum Gasteiger partial charge on any atom is 0.141 e. The Kier molecular flexibility index (Phi) is 10.6. The first-order chi connectivity index (χ1) is 16.6. The Balaban J connectivity index is 0.00000158. The van der Waals surface area contributed by atoms with Crippen molar-refractivity contribution in [3.8, 4) is 11.5 Å². The summed E-state index contributed by atoms with van der Waals surface area (Å²) in [6.07, 6.45) is 8.60. The van der Waals surface area contributed by atoms with Crippen molar-refractivity contribution in [1.29, 1.82) is 0 Å². The second-order valence-corrected chi connectivity index (χ2v) is 9.56. The van der Waals surface area contributed by atoms with E-state index in [-0.39, 0.29) is 11.8 Å². The third kappa shape index (κ3) is 7.93. The molecule has 4 rings (SSSR count). The summed E-state index contributed by atoms with van der Waals surface area (Å²) in [7, 11) is 0. The molecule has 1 aliphatic rings. The molecule has 0 bridgehead atoms. The molecule has 1 saturated carbocycles. The average molecular weight is 499 g/mol. The van der Waals surface area contributed by atoms with Crippen LogP contribution in [0.15, 0.2) is 60.7 Å². The van der Waals surface area contributed by atoms with Gasteiger partial charge >= 0.3 is 0 Å². The number of rotatable bonds is 11. The molecule has 34 heavy (non-hydrogen) atoms. The predicted octanol–water partition coefficient (Wildman–Crippen LogP) is 7.90. The van der Waals surface area contributed by atoms with Gasteiger partial charge in [-0.3, -0.25) is 4.72 Å². The summed E-state index contributed by atoms with van der Waals surface area (Å²) in [5.41, 5.74) is 2.75. The summed E-state index contributed by atoms with van der Waals surface area (Å²) in [5, 5.41) is 11.2. The van der Waals surface area contributed by atoms with Crippen LogP contribution in [0.3, 0.4) is 0 Å². The number of halogens is 1. The van der Waals surface area contributed by atoms with E-state index in [4.69, 9.17) is 16.3 Å². The van der Waals surface area contributed by atoms with Gasteiger partial charge in [-0.2, -0.15) is 0 Å². The molecule has 0 saturated heterocycles. The highest BCUT2D eigenvalue weighted by molar-refractivity contribution is 7.97. The number of hydrogen-bond donors (Lipinski definition) is 2. The van der Waals surface area contributed by atoms with Gasteiger partial charge in [-0.25, -0.2) is 4.98 Å². The Bertz CT molecular complexity index is 1090. The van der Waals surface area contributed by atoms with Gasteiger partial charge in [-0.05, 0) is 73.9 Å². The number of nitrogens with one attached hydrogen (secondary N) is 1. The second kappa shape index (κ2) is 13.6. The molecule has 2 N–H and O–H groups in total. The van der Waals surface area contributed by atoms with Crippen LogP contribution in [0.5, 0.6) is 11.5 Å². The van der Waals surface area contributed by atoms with Crippen molar-refractivity contribution in [3.63, 3.8) is 0 Å². The lowest BCUT2D eigenvalue weighted by atomic mass is 10.1. The number of phenolic OH excluding ortho intramolecular Hbond substituents is 1. The average Bonchev–Trinajstić information content (AvgIpc) is 3.69. The highest BCUT2D eigenvalue weighted by atomic mass is 35.5. The maximum atomic E-state index is 9.90. The number of pyridine rings is 1. The Morgan fingerprint density at radius 1 is 1.18 bits per heavy atom. The van der Waals surface area contributed by atoms with Crippen LogP contribution in [0.2, 0.25) is 5.15 Å². The van der Waals surface area contributed by atoms with Crippen LogP contribution >= 0.6 is 23.5 Å². The lowest BCUT2D eigenvalue weighted by Gasteiger charge is -2.14. The zero-order valence-corrected chi connectivity index (χ0v) is 21.8. The molecule has 0 aliphatic heterocycles. The van der Waals surface area contributed by atoms with Crippen LogP contribution in [-0.4, -0.2) is 22.5 Å². The van der Waals surface area contributed by atoms with Gasteiger partial charge in [0.25, 0.3) is 0 Å². The normalized spacial score (nSPS) is 14.1. The van der Waals surface area contributed by atoms with E-state index in [0.717, 1.165) is 47.8 Å². The first-order valence-corrected chi connectivity index (χ1v) is 13.5. The van der Waals surface area contributed by atoms with Gasteiger partial charge in [0.1, 0.15) is 22.2 Å². The van der Waals surface area contributed by atoms with Crippen molar-refractivity contribution >= 4 is 34.5 Å². The third-order valence-electron chi connectivity index (χ3n) is 5.54. The number of aromatic hydroxyl groups is 1. The van der Waals surface area contributed by atoms with Gasteiger partial charge in [-0.1, -0.05) is 73.8 Å². The highest BCUT2D eigenvalue weighted by Crippen LogP contribution is 2.30. The van der Waals surface area contributed by atoms with Crippen LogP contribution < -0.4 is 9.46 Å². The molecular weight excluding hydrogens is 464 g/mol. The molecular formula is C28H35ClN2O2S. The molecule has 1 aromatic heterocycles. The van der Waals surface area contributed by atoms with E-state index in [1.165, 1.54) is 18.4 Å². The van der Waals surface area contributed by atoms with Gasteiger partial charge in [0.15, 0.2) is 0 Å². The van der Waals surface area contributed by atoms with Gasteiger partial charge in [0, 0.05) is 17.2 Å². The fourth-order valence-corrected chi connectivity index (χ4v) is 4.40. The maximum absolute atomic E-state index is 9.90. The van der Waals surface area contributed by atoms with E-state index < -0.39 is 0 Å². The van der Waals surface area contributed by atoms with Gasteiger partial charge in [0.2, 0.25) is 0 Å². The number of benzene rings is 2. The summed E-state index contributed by atoms with van der Waals surface area (Å²) in [4.78, 5) is 4.34. The van der Waals surface area contributed by atoms with Crippen molar-refractivity contribution in [1.82, 2.24) is 9.71 Å². The molecule has 0 radical (unpaired) electrons. The SMILES string of the molecule is CC.CC(NSCC/C=C/Cc1cc2cccc(O)c2nc1Cl)c1cccc(OCC2CC2)c1. The van der Waals surface area contributed by atoms with E-state index in [1.807, 2.05) is 38.1 Å². The summed E-state index contributed by atoms with van der Waals surface area (Å²) in [6.45, 7) is 7.02. The topological polar surface area (TPSA) is 54.4 Å². The molecule has 0 spiro atoms. The molecule has 6 heteroatoms. The summed E-state index contributed by atoms with van der Waals surface area (Å²) < 4.78 is 9.41. The van der Waals surface area contributed by atoms with Crippen molar-refractivity contribution in [2.24, 2.45) is 5.92 Å². The minimum atomic E-state index is 0.155. The van der Waals surface area contributed by atoms with E-state index in [1.54, 1.807) is 18.0 Å². The van der Waals surface area contributed by atoms with E-state index in [2.05, 4.69) is 47.0 Å². The largest absolute Gasteiger partial charge is 0.506 e. The number of phenols is 1. The second-order valence-electron chi connectivity index (χ2n) is 8.27. The van der Waals surface area contributed by atoms with Crippen LogP contribution in [0, 0.1) is 5.92 Å². The monoisotopic (exact) mass is 498 g/mol. The first kappa shape index (κ1) is 26.4. The van der Waals surface area contributed by atoms with Gasteiger partial charge in [-0.15, -0.1) is 0 Å². The fraction of sp³-hybridized carbons (Fsp3) is 0.393. The molecule has 182 valence electrons. The molecule has 1 fully saturated rings. The molecule has 1 atom stereocenters. The molecule has 2 aromatic carbocycles. The standard InChI is InChI=1S/C26H29ClN2O2S.C2H6/c1-18(20-8-5-10-23(16-20)31-17-19-12-13-19)29-32-14-4-2-3-7-22-15-21-9-6-11-24(30)25(21)28-26(22)27;1-2/h2-3,5-6,8-11,15-16,18-19,29-30H,4,7,12-14,17H2,1H3;1-2H3/b3-2+;. The van der Waals surface area contributed by atoms with Crippen LogP contribution in [0.1, 0.15) is 57.2 Å². The Hall–Kier alpha value is -2.21. The van der Waals surface area contributed by atoms with Crippen LogP contribution in [-0.2, 0) is 6.42 Å². The quantitative estimate of drug-likeness (QED) is 0.122. The van der Waals surface area contributed by atoms with Crippen molar-refractivity contribution < 1.29 is 9.84 Å². The van der Waals surface area contributed by atoms with Gasteiger partial charge in [0.05, 0.1) is 6.61 Å². The number of para-hydroxylation sites is 1. The molecule has 1 aliphatic carbocycles. The molecule has 3 aromatic rings. The zero-order chi connectivity index (χ0) is 24.3. The van der Waals surface area contributed by atoms with E-state index in [0.29, 0.717) is 10.7 Å². The first-order valence-electron chi connectivity index (χ1n) is 12.1. The number of fused-ring (bicyclic) bond motifs is 1. The molecule has 1 unspecified atom stereocenters. The number of allylic oxidation sites excluding steroid dienone is 2. The van der Waals surface area contributed by atoms with E-state index in [9.17, 15) is 5.11 Å². The highest BCUT2D eigenvalue weighted by Gasteiger charge is 2.22. The van der Waals surface area contributed by atoms with Gasteiger partial charge < -0.3 is 9.84 Å². The lowest BCUT2D eigenvalue weighted by Crippen LogP contribution is -2.11. The van der Waals surface area contributed by atoms with Crippen LogP contribution in [0.4, 0.5) is 0 Å². The predicted molar refractivity (Wildman–Crippen MR) is 146 cm³/mol. The Labute approximate surface area is 212 Å². The molecule has 1 heterocycles. The Morgan fingerprint density at radius 3 is 2.76 bits per heavy atom. The van der Waals surface area contributed by atoms with Crippen LogP contribution in [0.25, 0.3) is 10.9 Å². The van der Waals surface area contributed by atoms with Crippen molar-refractivity contribution in [3.05, 3.63) is 77.0 Å². The number of nitrogens with zero attached hydrogens (tertiary/aromatic N) is 1. The fourth-order valence-electron chi connectivity index (χ4n) is 3.43. The summed E-state index contributed by atoms with van der Waals surface area (Å²) in [6, 6.07) is 16.0. The van der Waals surface area contributed by atoms with E-state index >= 15 is 0 Å². The number of aromatic nitrogens is 1. The number of hydrogen-bond acceptors (Lipinski definition) is 5.